The maximum Gasteiger partial charge on any atom is 0.0342 e. The minimum atomic E-state index is 0.955. The van der Waals surface area contributed by atoms with Crippen molar-refractivity contribution in [3.8, 4) is 0 Å². The van der Waals surface area contributed by atoms with E-state index in [1.807, 2.05) is 13.8 Å². The van der Waals surface area contributed by atoms with Gasteiger partial charge in [-0.3, -0.25) is 0 Å². The van der Waals surface area contributed by atoms with E-state index in [4.69, 9.17) is 5.84 Å². The van der Waals surface area contributed by atoms with Gasteiger partial charge in [0.2, 0.25) is 0 Å². The number of hydrazone groups is 1. The molecule has 2 nitrogen and oxygen atoms in total. The summed E-state index contributed by atoms with van der Waals surface area (Å²) in [4.78, 5) is 0. The molecule has 0 spiro atoms. The molecule has 0 amide bonds. The van der Waals surface area contributed by atoms with Gasteiger partial charge in [0.25, 0.3) is 0 Å². The fourth-order valence-corrected chi connectivity index (χ4v) is 0.0913. The largest absolute Gasteiger partial charge is 0.323 e. The Morgan fingerprint density at radius 2 is 2.33 bits per heavy atom. The van der Waals surface area contributed by atoms with Crippen molar-refractivity contribution >= 4 is 5.71 Å². The third-order valence-electron chi connectivity index (χ3n) is 0.732. The van der Waals surface area contributed by atoms with Crippen molar-refractivity contribution in [1.82, 2.24) is 0 Å². The first-order valence-electron chi connectivity index (χ1n) is 2.04. The molecule has 0 bridgehead atoms. The second-order valence-electron chi connectivity index (χ2n) is 1.22. The smallest absolute Gasteiger partial charge is 0.0342 e. The van der Waals surface area contributed by atoms with Crippen molar-refractivity contribution in [2.45, 2.75) is 20.3 Å². The highest BCUT2D eigenvalue weighted by atomic mass is 15.1. The van der Waals surface area contributed by atoms with Crippen molar-refractivity contribution in [3.05, 3.63) is 0 Å². The van der Waals surface area contributed by atoms with Crippen LogP contribution in [0.25, 0.3) is 0 Å². The summed E-state index contributed by atoms with van der Waals surface area (Å²) in [6, 6.07) is 0. The second-order valence-corrected chi connectivity index (χ2v) is 1.22. The highest BCUT2D eigenvalue weighted by Crippen LogP contribution is 1.76. The van der Waals surface area contributed by atoms with Crippen molar-refractivity contribution in [2.75, 3.05) is 0 Å². The lowest BCUT2D eigenvalue weighted by Crippen LogP contribution is -1.91. The zero-order valence-corrected chi connectivity index (χ0v) is 4.23. The van der Waals surface area contributed by atoms with Crippen LogP contribution in [0.5, 0.6) is 0 Å². The van der Waals surface area contributed by atoms with E-state index in [9.17, 15) is 0 Å². The van der Waals surface area contributed by atoms with Gasteiger partial charge in [0.1, 0.15) is 0 Å². The lowest BCUT2D eigenvalue weighted by molar-refractivity contribution is 1.16. The van der Waals surface area contributed by atoms with Gasteiger partial charge in [-0.15, -0.1) is 0 Å². The molecule has 0 radical (unpaired) electrons. The third kappa shape index (κ3) is 1.76. The Bertz CT molecular complexity index is 56.6. The number of rotatable bonds is 1. The van der Waals surface area contributed by atoms with E-state index in [0.29, 0.717) is 0 Å². The maximum atomic E-state index is 4.87. The SMILES string of the molecule is CC/C(C)=N\N. The van der Waals surface area contributed by atoms with Crippen LogP contribution in [-0.2, 0) is 0 Å². The van der Waals surface area contributed by atoms with Gasteiger partial charge in [0.15, 0.2) is 0 Å². The van der Waals surface area contributed by atoms with E-state index >= 15 is 0 Å². The van der Waals surface area contributed by atoms with E-state index < -0.39 is 0 Å². The third-order valence-corrected chi connectivity index (χ3v) is 0.732. The summed E-state index contributed by atoms with van der Waals surface area (Å²) in [7, 11) is 0. The number of nitrogens with zero attached hydrogens (tertiary/aromatic N) is 1. The normalized spacial score (nSPS) is 12.0. The molecule has 6 heavy (non-hydrogen) atoms. The molecule has 0 aromatic heterocycles. The van der Waals surface area contributed by atoms with Crippen molar-refractivity contribution in [3.63, 3.8) is 0 Å². The Morgan fingerprint density at radius 3 is 2.33 bits per heavy atom. The van der Waals surface area contributed by atoms with E-state index in [0.717, 1.165) is 12.1 Å². The zero-order valence-electron chi connectivity index (χ0n) is 4.23. The quantitative estimate of drug-likeness (QED) is 0.285. The van der Waals surface area contributed by atoms with Gasteiger partial charge >= 0.3 is 0 Å². The Balaban J connectivity index is 3.22. The van der Waals surface area contributed by atoms with Crippen LogP contribution in [0, 0.1) is 0 Å². The molecule has 0 unspecified atom stereocenters. The highest BCUT2D eigenvalue weighted by molar-refractivity contribution is 5.81. The summed E-state index contributed by atoms with van der Waals surface area (Å²) in [6.07, 6.45) is 0.955. The summed E-state index contributed by atoms with van der Waals surface area (Å²) in [6.45, 7) is 3.92. The highest BCUT2D eigenvalue weighted by Gasteiger charge is 1.76. The molecule has 0 aliphatic carbocycles. The fraction of sp³-hybridized carbons (Fsp3) is 0.750. The first-order chi connectivity index (χ1) is 2.81. The van der Waals surface area contributed by atoms with E-state index in [2.05, 4.69) is 5.10 Å². The lowest BCUT2D eigenvalue weighted by atomic mass is 10.3. The van der Waals surface area contributed by atoms with Crippen LogP contribution < -0.4 is 5.84 Å². The summed E-state index contributed by atoms with van der Waals surface area (Å²) in [5, 5.41) is 3.42. The van der Waals surface area contributed by atoms with E-state index in [-0.39, 0.29) is 0 Å². The molecule has 0 saturated heterocycles. The Kier molecular flexibility index (Phi) is 2.46. The molecule has 0 aromatic rings. The standard InChI is InChI=1S/C4H10N2/c1-3-4(2)6-5/h3,5H2,1-2H3/b6-4-. The Morgan fingerprint density at radius 1 is 1.83 bits per heavy atom. The minimum Gasteiger partial charge on any atom is -0.323 e. The average Bonchev–Trinajstić information content (AvgIpc) is 1.65. The number of hydrogen-bond acceptors (Lipinski definition) is 2. The zero-order chi connectivity index (χ0) is 4.99. The van der Waals surface area contributed by atoms with Crippen LogP contribution in [0.1, 0.15) is 20.3 Å². The monoisotopic (exact) mass is 86.1 g/mol. The van der Waals surface area contributed by atoms with Crippen LogP contribution in [0.2, 0.25) is 0 Å². The van der Waals surface area contributed by atoms with Crippen molar-refractivity contribution in [1.29, 1.82) is 0 Å². The second kappa shape index (κ2) is 2.69. The van der Waals surface area contributed by atoms with Gasteiger partial charge in [0.05, 0.1) is 0 Å². The van der Waals surface area contributed by atoms with E-state index in [1.165, 1.54) is 0 Å². The molecule has 0 aliphatic heterocycles. The molecule has 0 atom stereocenters. The predicted octanol–water partition coefficient (Wildman–Crippen LogP) is 0.731. The summed E-state index contributed by atoms with van der Waals surface area (Å²) < 4.78 is 0. The van der Waals surface area contributed by atoms with Crippen LogP contribution in [0.3, 0.4) is 0 Å². The Hall–Kier alpha value is -0.530. The molecule has 0 heterocycles. The van der Waals surface area contributed by atoms with Crippen molar-refractivity contribution in [2.24, 2.45) is 10.9 Å². The summed E-state index contributed by atoms with van der Waals surface area (Å²) in [5.41, 5.74) is 0.995. The Labute approximate surface area is 38.0 Å². The molecule has 36 valence electrons. The van der Waals surface area contributed by atoms with E-state index in [1.54, 1.807) is 0 Å². The van der Waals surface area contributed by atoms with Crippen LogP contribution >= 0.6 is 0 Å². The molecule has 0 aromatic carbocycles. The molecule has 2 heteroatoms. The predicted molar refractivity (Wildman–Crippen MR) is 27.6 cm³/mol. The lowest BCUT2D eigenvalue weighted by Gasteiger charge is -1.83. The van der Waals surface area contributed by atoms with Gasteiger partial charge in [-0.2, -0.15) is 5.10 Å². The van der Waals surface area contributed by atoms with Crippen LogP contribution in [-0.4, -0.2) is 5.71 Å². The summed E-state index contributed by atoms with van der Waals surface area (Å²) in [5.74, 6) is 4.87. The molecule has 0 fully saturated rings. The van der Waals surface area contributed by atoms with Gasteiger partial charge in [-0.1, -0.05) is 6.92 Å². The molecule has 0 aliphatic rings. The van der Waals surface area contributed by atoms with Crippen LogP contribution in [0.15, 0.2) is 5.10 Å². The first kappa shape index (κ1) is 5.47. The van der Waals surface area contributed by atoms with Gasteiger partial charge in [0, 0.05) is 5.71 Å². The molecular formula is C4H10N2. The number of hydrogen-bond donors (Lipinski definition) is 1. The topological polar surface area (TPSA) is 38.4 Å². The van der Waals surface area contributed by atoms with Crippen LogP contribution in [0.4, 0.5) is 0 Å². The first-order valence-corrected chi connectivity index (χ1v) is 2.04. The summed E-state index contributed by atoms with van der Waals surface area (Å²) >= 11 is 0. The molecule has 0 saturated carbocycles. The van der Waals surface area contributed by atoms with Crippen molar-refractivity contribution < 1.29 is 0 Å². The molecular weight excluding hydrogens is 76.1 g/mol. The minimum absolute atomic E-state index is 0.955. The van der Waals surface area contributed by atoms with Gasteiger partial charge < -0.3 is 5.84 Å². The molecule has 0 rings (SSSR count). The maximum absolute atomic E-state index is 4.87. The molecule has 2 N–H and O–H groups in total. The fourth-order valence-electron chi connectivity index (χ4n) is 0.0913. The average molecular weight is 86.1 g/mol. The van der Waals surface area contributed by atoms with Gasteiger partial charge in [-0.25, -0.2) is 0 Å². The van der Waals surface area contributed by atoms with Gasteiger partial charge in [-0.05, 0) is 13.3 Å². The number of nitrogens with two attached hydrogens (primary N) is 1.